The first-order chi connectivity index (χ1) is 10.3. The molecule has 0 aromatic heterocycles. The van der Waals surface area contributed by atoms with Gasteiger partial charge >= 0.3 is 0 Å². The number of carbonyl (C=O) groups excluding carboxylic acids is 2. The van der Waals surface area contributed by atoms with Crippen molar-refractivity contribution in [2.75, 3.05) is 0 Å². The second-order valence-corrected chi connectivity index (χ2v) is 5.85. The second-order valence-electron chi connectivity index (χ2n) is 4.17. The summed E-state index contributed by atoms with van der Waals surface area (Å²) in [7, 11) is 0. The predicted octanol–water partition coefficient (Wildman–Crippen LogP) is 0.921. The number of carbonyl (C=O) groups is 2. The zero-order chi connectivity index (χ0) is 16.4. The van der Waals surface area contributed by atoms with Gasteiger partial charge in [-0.2, -0.15) is 5.01 Å². The van der Waals surface area contributed by atoms with Crippen LogP contribution >= 0.6 is 24.0 Å². The minimum Gasteiger partial charge on any atom is -0.868 e. The van der Waals surface area contributed by atoms with E-state index in [9.17, 15) is 24.8 Å². The molecule has 8 nitrogen and oxygen atoms in total. The standard InChI is InChI=1S/C12H9N3O5S2/c1-6(16)13-14-11(18)10(22-12(14)21)5-7-2-3-9(17)8(4-7)15(19)20/h2-5,17H,1H3,(H,13,16)/p-1. The normalized spacial score (nSPS) is 16.2. The van der Waals surface area contributed by atoms with Crippen LogP contribution in [0.4, 0.5) is 5.69 Å². The van der Waals surface area contributed by atoms with Crippen LogP contribution in [0.3, 0.4) is 0 Å². The van der Waals surface area contributed by atoms with Crippen molar-refractivity contribution in [3.05, 3.63) is 38.8 Å². The van der Waals surface area contributed by atoms with Crippen LogP contribution in [0.25, 0.3) is 6.08 Å². The number of nitro groups is 1. The zero-order valence-corrected chi connectivity index (χ0v) is 12.7. The van der Waals surface area contributed by atoms with Gasteiger partial charge in [0.2, 0.25) is 5.91 Å². The molecule has 1 aliphatic rings. The van der Waals surface area contributed by atoms with E-state index in [1.54, 1.807) is 0 Å². The summed E-state index contributed by atoms with van der Waals surface area (Å²) in [5.41, 5.74) is 2.02. The molecule has 2 amide bonds. The highest BCUT2D eigenvalue weighted by molar-refractivity contribution is 8.26. The number of benzene rings is 1. The van der Waals surface area contributed by atoms with Crippen LogP contribution in [0.2, 0.25) is 0 Å². The highest BCUT2D eigenvalue weighted by Gasteiger charge is 2.33. The molecule has 0 aliphatic carbocycles. The average Bonchev–Trinajstić information content (AvgIpc) is 2.68. The van der Waals surface area contributed by atoms with Crippen molar-refractivity contribution in [2.24, 2.45) is 0 Å². The third-order valence-corrected chi connectivity index (χ3v) is 3.84. The van der Waals surface area contributed by atoms with Crippen molar-refractivity contribution in [1.29, 1.82) is 0 Å². The van der Waals surface area contributed by atoms with Gasteiger partial charge in [0.25, 0.3) is 11.6 Å². The van der Waals surface area contributed by atoms with E-state index in [1.807, 2.05) is 0 Å². The monoisotopic (exact) mass is 338 g/mol. The van der Waals surface area contributed by atoms with Gasteiger partial charge in [-0.05, 0) is 29.6 Å². The van der Waals surface area contributed by atoms with Crippen LogP contribution in [-0.4, -0.2) is 26.1 Å². The molecule has 0 saturated carbocycles. The van der Waals surface area contributed by atoms with Crippen molar-refractivity contribution in [2.45, 2.75) is 6.92 Å². The summed E-state index contributed by atoms with van der Waals surface area (Å²) < 4.78 is 0.140. The molecule has 114 valence electrons. The highest BCUT2D eigenvalue weighted by Crippen LogP contribution is 2.32. The van der Waals surface area contributed by atoms with Gasteiger partial charge in [-0.25, -0.2) is 0 Å². The number of nitrogens with zero attached hydrogens (tertiary/aromatic N) is 2. The maximum atomic E-state index is 12.1. The molecular weight excluding hydrogens is 330 g/mol. The molecule has 0 bridgehead atoms. The minimum atomic E-state index is -0.789. The zero-order valence-electron chi connectivity index (χ0n) is 11.1. The number of hydrogen-bond acceptors (Lipinski definition) is 7. The summed E-state index contributed by atoms with van der Waals surface area (Å²) in [4.78, 5) is 33.2. The number of hydrazine groups is 1. The van der Waals surface area contributed by atoms with Gasteiger partial charge in [-0.15, -0.1) is 0 Å². The van der Waals surface area contributed by atoms with E-state index >= 15 is 0 Å². The van der Waals surface area contributed by atoms with E-state index in [0.717, 1.165) is 28.9 Å². The Balaban J connectivity index is 2.33. The van der Waals surface area contributed by atoms with Gasteiger partial charge in [0, 0.05) is 13.0 Å². The van der Waals surface area contributed by atoms with Crippen LogP contribution < -0.4 is 10.5 Å². The molecule has 0 radical (unpaired) electrons. The Labute approximate surface area is 133 Å². The summed E-state index contributed by atoms with van der Waals surface area (Å²) in [6, 6.07) is 3.49. The number of rotatable bonds is 3. The van der Waals surface area contributed by atoms with Crippen molar-refractivity contribution < 1.29 is 19.6 Å². The Morgan fingerprint density at radius 2 is 2.18 bits per heavy atom. The molecule has 1 saturated heterocycles. The lowest BCUT2D eigenvalue weighted by Gasteiger charge is -2.13. The number of thioether (sulfide) groups is 1. The number of thiocarbonyl (C=S) groups is 1. The Hall–Kier alpha value is -2.46. The number of nitro benzene ring substituents is 1. The maximum Gasteiger partial charge on any atom is 0.285 e. The molecule has 10 heteroatoms. The maximum absolute atomic E-state index is 12.1. The van der Waals surface area contributed by atoms with Crippen molar-refractivity contribution >= 4 is 51.9 Å². The molecule has 1 aliphatic heterocycles. The van der Waals surface area contributed by atoms with Crippen LogP contribution in [0.1, 0.15) is 12.5 Å². The van der Waals surface area contributed by atoms with Gasteiger partial charge in [0.1, 0.15) is 0 Å². The lowest BCUT2D eigenvalue weighted by molar-refractivity contribution is -0.398. The van der Waals surface area contributed by atoms with Crippen LogP contribution in [0, 0.1) is 10.1 Å². The average molecular weight is 338 g/mol. The SMILES string of the molecule is CC(=O)NN1C(=O)C(=Cc2ccc([O-])c([N+](=O)[O-])c2)SC1=S. The number of nitrogens with one attached hydrogen (secondary N) is 1. The van der Waals surface area contributed by atoms with E-state index in [2.05, 4.69) is 5.43 Å². The summed E-state index contributed by atoms with van der Waals surface area (Å²) >= 11 is 5.91. The second kappa shape index (κ2) is 6.12. The molecule has 0 spiro atoms. The largest absolute Gasteiger partial charge is 0.868 e. The van der Waals surface area contributed by atoms with E-state index in [4.69, 9.17) is 12.2 Å². The Bertz CT molecular complexity index is 731. The molecule has 1 N–H and O–H groups in total. The van der Waals surface area contributed by atoms with E-state index in [0.29, 0.717) is 5.56 Å². The van der Waals surface area contributed by atoms with Crippen LogP contribution in [-0.2, 0) is 9.59 Å². The summed E-state index contributed by atoms with van der Waals surface area (Å²) in [6.07, 6.45) is 1.37. The molecular formula is C12H8N3O5S2-. The molecule has 1 aromatic rings. The Morgan fingerprint density at radius 1 is 1.50 bits per heavy atom. The quantitative estimate of drug-likeness (QED) is 0.377. The number of hydrogen-bond donors (Lipinski definition) is 1. The number of amides is 2. The predicted molar refractivity (Wildman–Crippen MR) is 81.4 cm³/mol. The fraction of sp³-hybridized carbons (Fsp3) is 0.0833. The van der Waals surface area contributed by atoms with Gasteiger partial charge in [0.05, 0.1) is 9.83 Å². The molecule has 1 fully saturated rings. The van der Waals surface area contributed by atoms with Crippen molar-refractivity contribution in [3.8, 4) is 5.75 Å². The molecule has 22 heavy (non-hydrogen) atoms. The first kappa shape index (κ1) is 15.9. The van der Waals surface area contributed by atoms with Gasteiger partial charge in [-0.1, -0.05) is 23.9 Å². The molecule has 0 atom stereocenters. The lowest BCUT2D eigenvalue weighted by Crippen LogP contribution is -2.43. The van der Waals surface area contributed by atoms with Gasteiger partial charge < -0.3 is 5.11 Å². The third-order valence-electron chi connectivity index (χ3n) is 2.54. The molecule has 2 rings (SSSR count). The Kier molecular flexibility index (Phi) is 4.43. The van der Waals surface area contributed by atoms with Gasteiger partial charge in [-0.3, -0.25) is 25.1 Å². The molecule has 0 unspecified atom stereocenters. The lowest BCUT2D eigenvalue weighted by atomic mass is 10.1. The summed E-state index contributed by atoms with van der Waals surface area (Å²) in [5, 5.41) is 23.0. The van der Waals surface area contributed by atoms with Crippen molar-refractivity contribution in [1.82, 2.24) is 10.4 Å². The summed E-state index contributed by atoms with van der Waals surface area (Å²) in [5.74, 6) is -1.71. The van der Waals surface area contributed by atoms with Crippen LogP contribution in [0.5, 0.6) is 5.75 Å². The fourth-order valence-corrected chi connectivity index (χ4v) is 2.82. The molecule has 1 aromatic carbocycles. The summed E-state index contributed by atoms with van der Waals surface area (Å²) in [6.45, 7) is 1.23. The van der Waals surface area contributed by atoms with E-state index in [-0.39, 0.29) is 9.23 Å². The fourth-order valence-electron chi connectivity index (χ4n) is 1.64. The third kappa shape index (κ3) is 3.23. The topological polar surface area (TPSA) is 116 Å². The van der Waals surface area contributed by atoms with Crippen molar-refractivity contribution in [3.63, 3.8) is 0 Å². The Morgan fingerprint density at radius 3 is 2.77 bits per heavy atom. The first-order valence-electron chi connectivity index (χ1n) is 5.80. The van der Waals surface area contributed by atoms with Gasteiger partial charge in [0.15, 0.2) is 4.32 Å². The highest BCUT2D eigenvalue weighted by atomic mass is 32.2. The smallest absolute Gasteiger partial charge is 0.285 e. The molecule has 1 heterocycles. The van der Waals surface area contributed by atoms with E-state index < -0.39 is 28.2 Å². The van der Waals surface area contributed by atoms with E-state index in [1.165, 1.54) is 19.1 Å². The van der Waals surface area contributed by atoms with Crippen LogP contribution in [0.15, 0.2) is 23.1 Å². The first-order valence-corrected chi connectivity index (χ1v) is 7.02. The minimum absolute atomic E-state index is 0.140.